The van der Waals surface area contributed by atoms with Crippen LogP contribution in [0.15, 0.2) is 48.5 Å². The number of nitrogens with zero attached hydrogens (tertiary/aromatic N) is 3. The van der Waals surface area contributed by atoms with Gasteiger partial charge in [0.1, 0.15) is 6.54 Å². The topological polar surface area (TPSA) is 118 Å². The standard InChI is InChI=1S/C23H20ClN3O6/c24-16-10-8-14(9-11-16)21(29)25(13-20(28)15-4-3-5-17(12-15)27(32)33)26-22(30)18-6-1-2-7-19(18)23(26)31/h3-5,8-12,18-19H,1-2,6-7,13H2/t18-,19-/m1/s1. The zero-order chi connectivity index (χ0) is 23.7. The minimum atomic E-state index is -0.717. The molecule has 2 aromatic rings. The van der Waals surface area contributed by atoms with Gasteiger partial charge in [-0.1, -0.05) is 36.6 Å². The number of halogens is 1. The van der Waals surface area contributed by atoms with Gasteiger partial charge in [-0.25, -0.2) is 5.01 Å². The molecule has 0 spiro atoms. The largest absolute Gasteiger partial charge is 0.292 e. The Morgan fingerprint density at radius 2 is 1.61 bits per heavy atom. The molecule has 0 radical (unpaired) electrons. The van der Waals surface area contributed by atoms with Crippen LogP contribution in [0, 0.1) is 22.0 Å². The zero-order valence-electron chi connectivity index (χ0n) is 17.5. The third-order valence-corrected chi connectivity index (χ3v) is 6.31. The SMILES string of the molecule is O=C(CN(C(=O)c1ccc(Cl)cc1)N1C(=O)[C@@H]2CCCC[C@H]2C1=O)c1cccc([N+](=O)[O-])c1. The van der Waals surface area contributed by atoms with Crippen LogP contribution >= 0.6 is 11.6 Å². The van der Waals surface area contributed by atoms with Crippen molar-refractivity contribution in [3.05, 3.63) is 74.8 Å². The van der Waals surface area contributed by atoms with E-state index in [0.29, 0.717) is 17.9 Å². The molecule has 2 atom stereocenters. The Kier molecular flexibility index (Phi) is 6.24. The van der Waals surface area contributed by atoms with Gasteiger partial charge in [0.25, 0.3) is 23.4 Å². The lowest BCUT2D eigenvalue weighted by molar-refractivity contribution is -0.384. The maximum absolute atomic E-state index is 13.4. The lowest BCUT2D eigenvalue weighted by atomic mass is 9.81. The third kappa shape index (κ3) is 4.36. The fourth-order valence-electron chi connectivity index (χ4n) is 4.38. The number of carbonyl (C=O) groups excluding carboxylic acids is 4. The van der Waals surface area contributed by atoms with Crippen LogP contribution in [0.2, 0.25) is 5.02 Å². The summed E-state index contributed by atoms with van der Waals surface area (Å²) in [5, 5.41) is 13.1. The number of ketones is 1. The van der Waals surface area contributed by atoms with Crippen molar-refractivity contribution in [2.24, 2.45) is 11.8 Å². The van der Waals surface area contributed by atoms with Crippen LogP contribution in [-0.4, -0.2) is 45.0 Å². The first-order valence-electron chi connectivity index (χ1n) is 10.5. The summed E-state index contributed by atoms with van der Waals surface area (Å²) in [5.74, 6) is -3.39. The number of rotatable bonds is 6. The molecule has 10 heteroatoms. The second-order valence-electron chi connectivity index (χ2n) is 8.09. The summed E-state index contributed by atoms with van der Waals surface area (Å²) < 4.78 is 0. The van der Waals surface area contributed by atoms with Crippen molar-refractivity contribution < 1.29 is 24.1 Å². The summed E-state index contributed by atoms with van der Waals surface area (Å²) in [6.07, 6.45) is 2.72. The number of fused-ring (bicyclic) bond motifs is 1. The van der Waals surface area contributed by atoms with Crippen LogP contribution in [0.5, 0.6) is 0 Å². The highest BCUT2D eigenvalue weighted by Crippen LogP contribution is 2.39. The number of nitro groups is 1. The van der Waals surface area contributed by atoms with E-state index < -0.39 is 46.8 Å². The highest BCUT2D eigenvalue weighted by Gasteiger charge is 2.51. The van der Waals surface area contributed by atoms with Crippen LogP contribution in [0.25, 0.3) is 0 Å². The summed E-state index contributed by atoms with van der Waals surface area (Å²) in [6.45, 7) is -0.625. The van der Waals surface area contributed by atoms with Crippen molar-refractivity contribution in [1.29, 1.82) is 0 Å². The summed E-state index contributed by atoms with van der Waals surface area (Å²) in [5.41, 5.74) is -0.146. The summed E-state index contributed by atoms with van der Waals surface area (Å²) >= 11 is 5.90. The van der Waals surface area contributed by atoms with E-state index >= 15 is 0 Å². The van der Waals surface area contributed by atoms with Crippen molar-refractivity contribution in [1.82, 2.24) is 10.0 Å². The second kappa shape index (κ2) is 9.11. The molecule has 1 aliphatic heterocycles. The van der Waals surface area contributed by atoms with E-state index in [4.69, 9.17) is 11.6 Å². The zero-order valence-corrected chi connectivity index (χ0v) is 18.2. The Hall–Kier alpha value is -3.59. The quantitative estimate of drug-likeness (QED) is 0.276. The van der Waals surface area contributed by atoms with Gasteiger partial charge in [0.2, 0.25) is 0 Å². The van der Waals surface area contributed by atoms with Crippen LogP contribution < -0.4 is 0 Å². The maximum atomic E-state index is 13.4. The molecule has 0 unspecified atom stereocenters. The molecule has 3 amide bonds. The van der Waals surface area contributed by atoms with Crippen LogP contribution in [0.1, 0.15) is 46.4 Å². The lowest BCUT2D eigenvalue weighted by Crippen LogP contribution is -2.52. The fourth-order valence-corrected chi connectivity index (χ4v) is 4.50. The van der Waals surface area contributed by atoms with Gasteiger partial charge in [0, 0.05) is 28.3 Å². The second-order valence-corrected chi connectivity index (χ2v) is 8.52. The molecule has 1 aliphatic carbocycles. The molecule has 1 saturated carbocycles. The molecule has 1 heterocycles. The first-order valence-corrected chi connectivity index (χ1v) is 10.9. The lowest BCUT2D eigenvalue weighted by Gasteiger charge is -2.30. The first kappa shape index (κ1) is 22.6. The smallest absolute Gasteiger partial charge is 0.273 e. The highest BCUT2D eigenvalue weighted by atomic mass is 35.5. The van der Waals surface area contributed by atoms with E-state index in [1.165, 1.54) is 42.5 Å². The molecule has 2 aromatic carbocycles. The molecular formula is C23H20ClN3O6. The van der Waals surface area contributed by atoms with Crippen molar-refractivity contribution in [3.8, 4) is 0 Å². The molecule has 170 valence electrons. The van der Waals surface area contributed by atoms with E-state index in [1.54, 1.807) is 0 Å². The van der Waals surface area contributed by atoms with E-state index in [1.807, 2.05) is 0 Å². The highest BCUT2D eigenvalue weighted by molar-refractivity contribution is 6.30. The predicted octanol–water partition coefficient (Wildman–Crippen LogP) is 3.66. The van der Waals surface area contributed by atoms with Gasteiger partial charge in [-0.05, 0) is 37.1 Å². The number of nitro benzene ring substituents is 1. The number of hydrazine groups is 1. The Bertz CT molecular complexity index is 1130. The van der Waals surface area contributed by atoms with Gasteiger partial charge in [0.15, 0.2) is 5.78 Å². The number of benzene rings is 2. The Morgan fingerprint density at radius 1 is 1.00 bits per heavy atom. The minimum Gasteiger partial charge on any atom is -0.292 e. The molecular weight excluding hydrogens is 450 g/mol. The van der Waals surface area contributed by atoms with Crippen molar-refractivity contribution in [3.63, 3.8) is 0 Å². The molecule has 0 bridgehead atoms. The number of amides is 3. The molecule has 1 saturated heterocycles. The molecule has 0 aromatic heterocycles. The predicted molar refractivity (Wildman–Crippen MR) is 117 cm³/mol. The first-order chi connectivity index (χ1) is 15.8. The number of imide groups is 1. The van der Waals surface area contributed by atoms with E-state index in [9.17, 15) is 29.3 Å². The Morgan fingerprint density at radius 3 is 2.18 bits per heavy atom. The van der Waals surface area contributed by atoms with Crippen LogP contribution in [0.4, 0.5) is 5.69 Å². The third-order valence-electron chi connectivity index (χ3n) is 6.06. The van der Waals surface area contributed by atoms with Crippen molar-refractivity contribution in [2.75, 3.05) is 6.54 Å². The molecule has 33 heavy (non-hydrogen) atoms. The molecule has 9 nitrogen and oxygen atoms in total. The maximum Gasteiger partial charge on any atom is 0.273 e. The summed E-state index contributed by atoms with van der Waals surface area (Å²) in [4.78, 5) is 63.1. The Labute approximate surface area is 194 Å². The van der Waals surface area contributed by atoms with E-state index in [0.717, 1.165) is 28.9 Å². The summed E-state index contributed by atoms with van der Waals surface area (Å²) in [6, 6.07) is 10.9. The summed E-state index contributed by atoms with van der Waals surface area (Å²) in [7, 11) is 0. The average Bonchev–Trinajstić information content (AvgIpc) is 3.07. The number of Topliss-reactive ketones (excluding diaryl/α,β-unsaturated/α-hetero) is 1. The van der Waals surface area contributed by atoms with Gasteiger partial charge in [-0.3, -0.25) is 29.3 Å². The number of non-ortho nitro benzene ring substituents is 1. The van der Waals surface area contributed by atoms with Gasteiger partial charge >= 0.3 is 0 Å². The average molecular weight is 470 g/mol. The molecule has 2 fully saturated rings. The molecule has 2 aliphatic rings. The van der Waals surface area contributed by atoms with E-state index in [2.05, 4.69) is 0 Å². The molecule has 0 N–H and O–H groups in total. The number of hydrogen-bond donors (Lipinski definition) is 0. The molecule has 4 rings (SSSR count). The minimum absolute atomic E-state index is 0.00498. The van der Waals surface area contributed by atoms with E-state index in [-0.39, 0.29) is 16.8 Å². The number of carbonyl (C=O) groups is 4. The number of hydrogen-bond acceptors (Lipinski definition) is 6. The Balaban J connectivity index is 1.69. The van der Waals surface area contributed by atoms with Crippen molar-refractivity contribution in [2.45, 2.75) is 25.7 Å². The van der Waals surface area contributed by atoms with Gasteiger partial charge in [-0.15, -0.1) is 0 Å². The van der Waals surface area contributed by atoms with Gasteiger partial charge in [-0.2, -0.15) is 5.01 Å². The van der Waals surface area contributed by atoms with Gasteiger partial charge in [0.05, 0.1) is 16.8 Å². The normalized spacial score (nSPS) is 19.8. The van der Waals surface area contributed by atoms with Crippen LogP contribution in [-0.2, 0) is 9.59 Å². The van der Waals surface area contributed by atoms with Crippen molar-refractivity contribution >= 4 is 40.8 Å². The van der Waals surface area contributed by atoms with Gasteiger partial charge < -0.3 is 0 Å². The monoisotopic (exact) mass is 469 g/mol. The fraction of sp³-hybridized carbons (Fsp3) is 0.304. The van der Waals surface area contributed by atoms with Crippen LogP contribution in [0.3, 0.4) is 0 Å².